The van der Waals surface area contributed by atoms with Gasteiger partial charge in [-0.15, -0.1) is 0 Å². The van der Waals surface area contributed by atoms with Gasteiger partial charge in [0.2, 0.25) is 0 Å². The van der Waals surface area contributed by atoms with Crippen molar-refractivity contribution < 1.29 is 9.18 Å². The molecule has 1 fully saturated rings. The van der Waals surface area contributed by atoms with Crippen LogP contribution in [-0.2, 0) is 0 Å². The number of hydrogen-bond donors (Lipinski definition) is 2. The lowest BCUT2D eigenvalue weighted by atomic mass is 9.97. The number of carbonyl (C=O) groups is 1. The van der Waals surface area contributed by atoms with Crippen molar-refractivity contribution in [3.8, 4) is 0 Å². The summed E-state index contributed by atoms with van der Waals surface area (Å²) in [6.07, 6.45) is 3.84. The predicted molar refractivity (Wildman–Crippen MR) is 71.8 cm³/mol. The molecule has 1 aromatic rings. The van der Waals surface area contributed by atoms with Gasteiger partial charge in [-0.2, -0.15) is 0 Å². The predicted octanol–water partition coefficient (Wildman–Crippen LogP) is 2.59. The smallest absolute Gasteiger partial charge is 0.254 e. The summed E-state index contributed by atoms with van der Waals surface area (Å²) in [6.45, 7) is 0.397. The molecule has 1 saturated carbocycles. The molecule has 3 N–H and O–H groups in total. The van der Waals surface area contributed by atoms with E-state index in [0.29, 0.717) is 11.0 Å². The normalized spacial score (nSPS) is 17.7. The van der Waals surface area contributed by atoms with Crippen molar-refractivity contribution >= 4 is 21.8 Å². The van der Waals surface area contributed by atoms with Gasteiger partial charge in [-0.1, -0.05) is 18.9 Å². The Labute approximate surface area is 114 Å². The molecule has 0 saturated heterocycles. The second-order valence-electron chi connectivity index (χ2n) is 4.75. The van der Waals surface area contributed by atoms with Crippen LogP contribution in [-0.4, -0.2) is 18.0 Å². The van der Waals surface area contributed by atoms with Crippen LogP contribution in [0.1, 0.15) is 36.0 Å². The summed E-state index contributed by atoms with van der Waals surface area (Å²) in [5.74, 6) is -0.915. The molecule has 0 bridgehead atoms. The molecular formula is C13H16BrFN2O. The van der Waals surface area contributed by atoms with E-state index in [1.54, 1.807) is 12.1 Å². The number of nitrogens with two attached hydrogens (primary N) is 1. The zero-order valence-corrected chi connectivity index (χ0v) is 11.6. The maximum Gasteiger partial charge on any atom is 0.254 e. The van der Waals surface area contributed by atoms with Gasteiger partial charge in [0.1, 0.15) is 5.82 Å². The van der Waals surface area contributed by atoms with E-state index in [1.165, 1.54) is 6.07 Å². The summed E-state index contributed by atoms with van der Waals surface area (Å²) in [7, 11) is 0. The standard InChI is InChI=1S/C13H16BrFN2O/c14-10-5-3-4-9(11(10)15)12(18)17-13(8-16)6-1-2-7-13/h3-5H,1-2,6-8,16H2,(H,17,18). The van der Waals surface area contributed by atoms with Gasteiger partial charge in [-0.25, -0.2) is 4.39 Å². The zero-order valence-electron chi connectivity index (χ0n) is 10.0. The molecule has 5 heteroatoms. The van der Waals surface area contributed by atoms with Crippen LogP contribution in [0.5, 0.6) is 0 Å². The molecular weight excluding hydrogens is 299 g/mol. The number of carbonyl (C=O) groups excluding carboxylic acids is 1. The van der Waals surface area contributed by atoms with Crippen LogP contribution in [0, 0.1) is 5.82 Å². The summed E-state index contributed by atoms with van der Waals surface area (Å²) in [5, 5.41) is 2.90. The fourth-order valence-corrected chi connectivity index (χ4v) is 2.79. The van der Waals surface area contributed by atoms with Gasteiger partial charge in [0, 0.05) is 6.54 Å². The average Bonchev–Trinajstić information content (AvgIpc) is 2.81. The Kier molecular flexibility index (Phi) is 4.02. The van der Waals surface area contributed by atoms with Crippen LogP contribution in [0.3, 0.4) is 0 Å². The Morgan fingerprint density at radius 1 is 1.44 bits per heavy atom. The number of benzene rings is 1. The lowest BCUT2D eigenvalue weighted by Gasteiger charge is -2.28. The maximum absolute atomic E-state index is 13.8. The molecule has 0 heterocycles. The van der Waals surface area contributed by atoms with Crippen molar-refractivity contribution in [2.75, 3.05) is 6.54 Å². The molecule has 0 unspecified atom stereocenters. The number of amides is 1. The van der Waals surface area contributed by atoms with Crippen molar-refractivity contribution in [3.05, 3.63) is 34.1 Å². The number of rotatable bonds is 3. The zero-order chi connectivity index (χ0) is 13.2. The number of hydrogen-bond acceptors (Lipinski definition) is 2. The highest BCUT2D eigenvalue weighted by Crippen LogP contribution is 2.29. The number of halogens is 2. The van der Waals surface area contributed by atoms with Gasteiger partial charge < -0.3 is 11.1 Å². The van der Waals surface area contributed by atoms with E-state index in [4.69, 9.17) is 5.73 Å². The van der Waals surface area contributed by atoms with Gasteiger partial charge in [0.05, 0.1) is 15.6 Å². The SMILES string of the molecule is NCC1(NC(=O)c2cccc(Br)c2F)CCCC1. The van der Waals surface area contributed by atoms with Crippen LogP contribution < -0.4 is 11.1 Å². The molecule has 1 amide bonds. The van der Waals surface area contributed by atoms with Crippen LogP contribution in [0.25, 0.3) is 0 Å². The quantitative estimate of drug-likeness (QED) is 0.901. The third-order valence-corrected chi connectivity index (χ3v) is 4.14. The number of nitrogens with one attached hydrogen (secondary N) is 1. The third kappa shape index (κ3) is 2.57. The highest BCUT2D eigenvalue weighted by Gasteiger charge is 2.34. The summed E-state index contributed by atoms with van der Waals surface area (Å²) in [5.41, 5.74) is 5.45. The Morgan fingerprint density at radius 3 is 2.72 bits per heavy atom. The second kappa shape index (κ2) is 5.36. The van der Waals surface area contributed by atoms with Gasteiger partial charge in [0.15, 0.2) is 0 Å². The minimum atomic E-state index is -0.528. The van der Waals surface area contributed by atoms with Crippen LogP contribution in [0.4, 0.5) is 4.39 Å². The molecule has 3 nitrogen and oxygen atoms in total. The Morgan fingerprint density at radius 2 is 2.11 bits per heavy atom. The fraction of sp³-hybridized carbons (Fsp3) is 0.462. The highest BCUT2D eigenvalue weighted by molar-refractivity contribution is 9.10. The molecule has 0 spiro atoms. The van der Waals surface area contributed by atoms with E-state index in [2.05, 4.69) is 21.2 Å². The van der Waals surface area contributed by atoms with Crippen molar-refractivity contribution in [1.82, 2.24) is 5.32 Å². The largest absolute Gasteiger partial charge is 0.345 e. The Hall–Kier alpha value is -0.940. The molecule has 0 radical (unpaired) electrons. The molecule has 2 rings (SSSR count). The van der Waals surface area contributed by atoms with Crippen molar-refractivity contribution in [2.24, 2.45) is 5.73 Å². The molecule has 1 aliphatic carbocycles. The first-order valence-corrected chi connectivity index (χ1v) is 6.84. The third-order valence-electron chi connectivity index (χ3n) is 3.53. The van der Waals surface area contributed by atoms with Gasteiger partial charge in [0.25, 0.3) is 5.91 Å². The molecule has 98 valence electrons. The fourth-order valence-electron chi connectivity index (χ4n) is 2.42. The molecule has 1 aliphatic rings. The van der Waals surface area contributed by atoms with Crippen LogP contribution >= 0.6 is 15.9 Å². The summed E-state index contributed by atoms with van der Waals surface area (Å²) < 4.78 is 14.1. The maximum atomic E-state index is 13.8. The lowest BCUT2D eigenvalue weighted by molar-refractivity contribution is 0.0899. The van der Waals surface area contributed by atoms with E-state index < -0.39 is 5.82 Å². The first kappa shape index (κ1) is 13.5. The molecule has 18 heavy (non-hydrogen) atoms. The molecule has 1 aromatic carbocycles. The minimum absolute atomic E-state index is 0.0594. The summed E-state index contributed by atoms with van der Waals surface area (Å²) in [4.78, 5) is 12.1. The summed E-state index contributed by atoms with van der Waals surface area (Å²) in [6, 6.07) is 4.70. The molecule has 0 atom stereocenters. The first-order chi connectivity index (χ1) is 8.58. The second-order valence-corrected chi connectivity index (χ2v) is 5.60. The van der Waals surface area contributed by atoms with Crippen molar-refractivity contribution in [3.63, 3.8) is 0 Å². The van der Waals surface area contributed by atoms with Gasteiger partial charge in [-0.3, -0.25) is 4.79 Å². The molecule has 0 aliphatic heterocycles. The highest BCUT2D eigenvalue weighted by atomic mass is 79.9. The van der Waals surface area contributed by atoms with E-state index in [1.807, 2.05) is 0 Å². The van der Waals surface area contributed by atoms with E-state index in [0.717, 1.165) is 25.7 Å². The van der Waals surface area contributed by atoms with Crippen LogP contribution in [0.15, 0.2) is 22.7 Å². The molecule has 0 aromatic heterocycles. The topological polar surface area (TPSA) is 55.1 Å². The van der Waals surface area contributed by atoms with E-state index in [-0.39, 0.29) is 17.0 Å². The average molecular weight is 315 g/mol. The van der Waals surface area contributed by atoms with Crippen LogP contribution in [0.2, 0.25) is 0 Å². The Balaban J connectivity index is 2.19. The van der Waals surface area contributed by atoms with E-state index >= 15 is 0 Å². The van der Waals surface area contributed by atoms with Gasteiger partial charge in [-0.05, 0) is 40.9 Å². The first-order valence-electron chi connectivity index (χ1n) is 6.05. The van der Waals surface area contributed by atoms with Crippen molar-refractivity contribution in [1.29, 1.82) is 0 Å². The van der Waals surface area contributed by atoms with Crippen molar-refractivity contribution in [2.45, 2.75) is 31.2 Å². The minimum Gasteiger partial charge on any atom is -0.345 e. The lowest BCUT2D eigenvalue weighted by Crippen LogP contribution is -2.51. The monoisotopic (exact) mass is 314 g/mol. The van der Waals surface area contributed by atoms with E-state index in [9.17, 15) is 9.18 Å². The van der Waals surface area contributed by atoms with Gasteiger partial charge >= 0.3 is 0 Å². The summed E-state index contributed by atoms with van der Waals surface area (Å²) >= 11 is 3.08. The Bertz CT molecular complexity index is 458.